The Balaban J connectivity index is 2.43. The molecule has 0 heterocycles. The average molecular weight is 295 g/mol. The second-order valence-electron chi connectivity index (χ2n) is 3.74. The molecule has 0 amide bonds. The van der Waals surface area contributed by atoms with Crippen LogP contribution in [0.25, 0.3) is 0 Å². The van der Waals surface area contributed by atoms with Gasteiger partial charge in [-0.1, -0.05) is 22.0 Å². The summed E-state index contributed by atoms with van der Waals surface area (Å²) in [4.78, 5) is 1.85. The van der Waals surface area contributed by atoms with E-state index in [9.17, 15) is 4.39 Å². The van der Waals surface area contributed by atoms with E-state index >= 15 is 0 Å². The summed E-state index contributed by atoms with van der Waals surface area (Å²) in [5.74, 6) is -0.295. The van der Waals surface area contributed by atoms with Gasteiger partial charge in [0, 0.05) is 17.2 Å². The SMILES string of the molecule is CN(c1cccc(Br)c1)c1cc(F)ccc1N. The number of nitrogen functional groups attached to an aromatic ring is 1. The summed E-state index contributed by atoms with van der Waals surface area (Å²) >= 11 is 3.40. The van der Waals surface area contributed by atoms with Gasteiger partial charge in [0.1, 0.15) is 5.82 Å². The third-order valence-corrected chi connectivity index (χ3v) is 3.04. The fourth-order valence-electron chi connectivity index (χ4n) is 1.63. The molecule has 0 saturated carbocycles. The van der Waals surface area contributed by atoms with Crippen LogP contribution in [-0.2, 0) is 0 Å². The zero-order valence-corrected chi connectivity index (χ0v) is 10.9. The minimum absolute atomic E-state index is 0.295. The number of nitrogens with two attached hydrogens (primary N) is 1. The van der Waals surface area contributed by atoms with Crippen molar-refractivity contribution in [2.45, 2.75) is 0 Å². The maximum Gasteiger partial charge on any atom is 0.125 e. The molecule has 2 rings (SSSR count). The molecular formula is C13H12BrFN2. The topological polar surface area (TPSA) is 29.3 Å². The molecule has 0 radical (unpaired) electrons. The molecule has 0 aliphatic heterocycles. The Labute approximate surface area is 108 Å². The lowest BCUT2D eigenvalue weighted by molar-refractivity contribution is 0.628. The largest absolute Gasteiger partial charge is 0.397 e. The zero-order chi connectivity index (χ0) is 12.4. The zero-order valence-electron chi connectivity index (χ0n) is 9.32. The summed E-state index contributed by atoms with van der Waals surface area (Å²) in [7, 11) is 1.85. The molecule has 0 spiro atoms. The molecule has 88 valence electrons. The number of anilines is 3. The number of rotatable bonds is 2. The van der Waals surface area contributed by atoms with E-state index in [1.165, 1.54) is 12.1 Å². The van der Waals surface area contributed by atoms with E-state index in [0.717, 1.165) is 10.2 Å². The molecule has 2 aromatic carbocycles. The van der Waals surface area contributed by atoms with Crippen molar-refractivity contribution in [3.05, 3.63) is 52.8 Å². The van der Waals surface area contributed by atoms with E-state index in [1.807, 2.05) is 36.2 Å². The van der Waals surface area contributed by atoms with E-state index in [-0.39, 0.29) is 5.82 Å². The molecule has 0 fully saturated rings. The molecule has 2 N–H and O–H groups in total. The van der Waals surface area contributed by atoms with Gasteiger partial charge in [-0.15, -0.1) is 0 Å². The van der Waals surface area contributed by atoms with Gasteiger partial charge in [-0.05, 0) is 36.4 Å². The van der Waals surface area contributed by atoms with Gasteiger partial charge in [0.15, 0.2) is 0 Å². The molecule has 0 saturated heterocycles. The second-order valence-corrected chi connectivity index (χ2v) is 4.66. The Morgan fingerprint density at radius 2 is 1.94 bits per heavy atom. The molecule has 2 aromatic rings. The van der Waals surface area contributed by atoms with Gasteiger partial charge in [0.05, 0.1) is 11.4 Å². The molecule has 0 bridgehead atoms. The van der Waals surface area contributed by atoms with E-state index in [2.05, 4.69) is 15.9 Å². The molecular weight excluding hydrogens is 283 g/mol. The van der Waals surface area contributed by atoms with Gasteiger partial charge >= 0.3 is 0 Å². The average Bonchev–Trinajstić information content (AvgIpc) is 2.31. The van der Waals surface area contributed by atoms with Crippen LogP contribution >= 0.6 is 15.9 Å². The Bertz CT molecular complexity index is 543. The molecule has 2 nitrogen and oxygen atoms in total. The summed E-state index contributed by atoms with van der Waals surface area (Å²) in [5, 5.41) is 0. The van der Waals surface area contributed by atoms with Gasteiger partial charge in [-0.3, -0.25) is 0 Å². The summed E-state index contributed by atoms with van der Waals surface area (Å²) in [5.41, 5.74) is 7.99. The number of halogens is 2. The van der Waals surface area contributed by atoms with Crippen LogP contribution in [0.4, 0.5) is 21.5 Å². The highest BCUT2D eigenvalue weighted by atomic mass is 79.9. The summed E-state index contributed by atoms with van der Waals surface area (Å²) < 4.78 is 14.2. The third kappa shape index (κ3) is 2.58. The third-order valence-electron chi connectivity index (χ3n) is 2.55. The number of hydrogen-bond donors (Lipinski definition) is 1. The lowest BCUT2D eigenvalue weighted by atomic mass is 10.2. The van der Waals surface area contributed by atoms with Gasteiger partial charge in [0.2, 0.25) is 0 Å². The molecule has 0 aliphatic rings. The number of benzene rings is 2. The van der Waals surface area contributed by atoms with E-state index in [0.29, 0.717) is 11.4 Å². The number of nitrogens with zero attached hydrogens (tertiary/aromatic N) is 1. The molecule has 4 heteroatoms. The highest BCUT2D eigenvalue weighted by Crippen LogP contribution is 2.30. The molecule has 0 unspecified atom stereocenters. The smallest absolute Gasteiger partial charge is 0.125 e. The van der Waals surface area contributed by atoms with Crippen LogP contribution in [0.2, 0.25) is 0 Å². The predicted octanol–water partition coefficient (Wildman–Crippen LogP) is 3.94. The van der Waals surface area contributed by atoms with Crippen molar-refractivity contribution in [2.75, 3.05) is 17.7 Å². The lowest BCUT2D eigenvalue weighted by Gasteiger charge is -2.21. The first-order valence-corrected chi connectivity index (χ1v) is 5.91. The van der Waals surface area contributed by atoms with Crippen molar-refractivity contribution in [3.8, 4) is 0 Å². The Morgan fingerprint density at radius 1 is 1.18 bits per heavy atom. The quantitative estimate of drug-likeness (QED) is 0.850. The van der Waals surface area contributed by atoms with Crippen LogP contribution < -0.4 is 10.6 Å². The minimum Gasteiger partial charge on any atom is -0.397 e. The van der Waals surface area contributed by atoms with Crippen LogP contribution in [0.5, 0.6) is 0 Å². The van der Waals surface area contributed by atoms with Crippen molar-refractivity contribution >= 4 is 33.0 Å². The van der Waals surface area contributed by atoms with Crippen molar-refractivity contribution in [3.63, 3.8) is 0 Å². The fraction of sp³-hybridized carbons (Fsp3) is 0.0769. The predicted molar refractivity (Wildman–Crippen MR) is 73.0 cm³/mol. The van der Waals surface area contributed by atoms with E-state index < -0.39 is 0 Å². The number of hydrogen-bond acceptors (Lipinski definition) is 2. The van der Waals surface area contributed by atoms with Crippen LogP contribution in [-0.4, -0.2) is 7.05 Å². The van der Waals surface area contributed by atoms with Crippen molar-refractivity contribution in [2.24, 2.45) is 0 Å². The van der Waals surface area contributed by atoms with Crippen LogP contribution in [0.3, 0.4) is 0 Å². The standard InChI is InChI=1S/C13H12BrFN2/c1-17(11-4-2-3-9(14)7-11)13-8-10(15)5-6-12(13)16/h2-8H,16H2,1H3. The van der Waals surface area contributed by atoms with Crippen LogP contribution in [0.15, 0.2) is 46.9 Å². The molecule has 0 atom stereocenters. The maximum absolute atomic E-state index is 13.2. The van der Waals surface area contributed by atoms with Crippen molar-refractivity contribution in [1.29, 1.82) is 0 Å². The van der Waals surface area contributed by atoms with Crippen molar-refractivity contribution in [1.82, 2.24) is 0 Å². The highest BCUT2D eigenvalue weighted by molar-refractivity contribution is 9.10. The lowest BCUT2D eigenvalue weighted by Crippen LogP contribution is -2.11. The first-order valence-electron chi connectivity index (χ1n) is 5.12. The first kappa shape index (κ1) is 11.9. The van der Waals surface area contributed by atoms with Crippen molar-refractivity contribution < 1.29 is 4.39 Å². The van der Waals surface area contributed by atoms with Gasteiger partial charge in [-0.2, -0.15) is 0 Å². The summed E-state index contributed by atoms with van der Waals surface area (Å²) in [6, 6.07) is 12.1. The first-order chi connectivity index (χ1) is 8.08. The normalized spacial score (nSPS) is 10.3. The molecule has 17 heavy (non-hydrogen) atoms. The second kappa shape index (κ2) is 4.75. The fourth-order valence-corrected chi connectivity index (χ4v) is 2.02. The van der Waals surface area contributed by atoms with Crippen LogP contribution in [0, 0.1) is 5.82 Å². The highest BCUT2D eigenvalue weighted by Gasteiger charge is 2.08. The van der Waals surface area contributed by atoms with E-state index in [1.54, 1.807) is 6.07 Å². The Morgan fingerprint density at radius 3 is 2.65 bits per heavy atom. The Kier molecular flexibility index (Phi) is 3.33. The summed E-state index contributed by atoms with van der Waals surface area (Å²) in [6.07, 6.45) is 0. The monoisotopic (exact) mass is 294 g/mol. The minimum atomic E-state index is -0.295. The summed E-state index contributed by atoms with van der Waals surface area (Å²) in [6.45, 7) is 0. The van der Waals surface area contributed by atoms with Gasteiger partial charge < -0.3 is 10.6 Å². The Hall–Kier alpha value is -1.55. The van der Waals surface area contributed by atoms with Gasteiger partial charge in [-0.25, -0.2) is 4.39 Å². The van der Waals surface area contributed by atoms with Gasteiger partial charge in [0.25, 0.3) is 0 Å². The molecule has 0 aliphatic carbocycles. The van der Waals surface area contributed by atoms with E-state index in [4.69, 9.17) is 5.73 Å². The van der Waals surface area contributed by atoms with Crippen LogP contribution in [0.1, 0.15) is 0 Å². The molecule has 0 aromatic heterocycles. The maximum atomic E-state index is 13.2.